The average Bonchev–Trinajstić information content (AvgIpc) is 2.84. The fourth-order valence-electron chi connectivity index (χ4n) is 5.16. The molecule has 2 N–H and O–H groups in total. The van der Waals surface area contributed by atoms with Gasteiger partial charge in [-0.05, 0) is 24.1 Å². The Morgan fingerprint density at radius 3 is 2.95 bits per heavy atom. The number of hydroxylamine groups is 3. The number of likely N-dealkylation sites (N-methyl/N-ethyl adjacent to an activating group) is 1. The number of quaternary nitrogens is 1. The number of aromatic hydroxyl groups is 1. The van der Waals surface area contributed by atoms with E-state index in [1.54, 1.807) is 6.07 Å². The van der Waals surface area contributed by atoms with Gasteiger partial charge in [-0.2, -0.15) is 4.65 Å². The van der Waals surface area contributed by atoms with Crippen LogP contribution in [0.3, 0.4) is 0 Å². The van der Waals surface area contributed by atoms with Crippen molar-refractivity contribution in [3.05, 3.63) is 46.6 Å². The molecule has 2 heterocycles. The summed E-state index contributed by atoms with van der Waals surface area (Å²) in [6, 6.07) is 3.81. The van der Waals surface area contributed by atoms with Gasteiger partial charge in [0.2, 0.25) is 0 Å². The number of likely N-dealkylation sites (tertiary alicyclic amines) is 1. The molecule has 2 aliphatic heterocycles. The van der Waals surface area contributed by atoms with Crippen molar-refractivity contribution in [2.45, 2.75) is 37.3 Å². The molecule has 1 spiro atoms. The Bertz CT molecular complexity index is 777. The fraction of sp³-hybridized carbons (Fsp3) is 0.444. The van der Waals surface area contributed by atoms with Gasteiger partial charge in [0, 0.05) is 24.0 Å². The zero-order valence-electron chi connectivity index (χ0n) is 12.8. The summed E-state index contributed by atoms with van der Waals surface area (Å²) in [7, 11) is 1.90. The monoisotopic (exact) mass is 298 g/mol. The highest BCUT2D eigenvalue weighted by atomic mass is 16.5. The van der Waals surface area contributed by atoms with Gasteiger partial charge in [0.05, 0.1) is 12.5 Å². The molecule has 0 saturated carbocycles. The van der Waals surface area contributed by atoms with Crippen molar-refractivity contribution in [2.75, 3.05) is 13.6 Å². The molecular formula is C18H20NO3+. The first-order valence-corrected chi connectivity index (χ1v) is 7.94. The summed E-state index contributed by atoms with van der Waals surface area (Å²) in [6.07, 6.45) is 5.91. The van der Waals surface area contributed by atoms with Crippen molar-refractivity contribution in [3.8, 4) is 11.5 Å². The molecule has 5 rings (SSSR count). The average molecular weight is 298 g/mol. The van der Waals surface area contributed by atoms with Gasteiger partial charge < -0.3 is 9.84 Å². The van der Waals surface area contributed by atoms with E-state index < -0.39 is 0 Å². The molecule has 1 aromatic rings. The number of benzene rings is 1. The summed E-state index contributed by atoms with van der Waals surface area (Å²) in [4.78, 5) is 0. The van der Waals surface area contributed by atoms with Crippen LogP contribution in [0.1, 0.15) is 24.5 Å². The van der Waals surface area contributed by atoms with Crippen LogP contribution in [0.25, 0.3) is 0 Å². The van der Waals surface area contributed by atoms with Crippen molar-refractivity contribution < 1.29 is 19.7 Å². The molecule has 2 aliphatic carbocycles. The third kappa shape index (κ3) is 1.20. The molecular weight excluding hydrogens is 278 g/mol. The lowest BCUT2D eigenvalue weighted by atomic mass is 9.56. The lowest BCUT2D eigenvalue weighted by molar-refractivity contribution is -1.11. The minimum atomic E-state index is -0.189. The minimum Gasteiger partial charge on any atom is -0.504 e. The smallest absolute Gasteiger partial charge is 0.166 e. The van der Waals surface area contributed by atoms with Crippen molar-refractivity contribution >= 4 is 0 Å². The SMILES string of the molecule is CC1=CC=C2C3Cc4ccc(O)c5c4[C@@]2(CC[N@@+]3(C)O)[C@H]1O5. The summed E-state index contributed by atoms with van der Waals surface area (Å²) in [5, 5.41) is 21.1. The summed E-state index contributed by atoms with van der Waals surface area (Å²) in [5.41, 5.74) is 4.67. The van der Waals surface area contributed by atoms with Crippen LogP contribution < -0.4 is 4.74 Å². The summed E-state index contributed by atoms with van der Waals surface area (Å²) in [6.45, 7) is 2.81. The van der Waals surface area contributed by atoms with E-state index in [1.807, 2.05) is 13.1 Å². The van der Waals surface area contributed by atoms with Crippen molar-refractivity contribution in [3.63, 3.8) is 0 Å². The highest BCUT2D eigenvalue weighted by molar-refractivity contribution is 5.67. The fourth-order valence-corrected chi connectivity index (χ4v) is 5.16. The van der Waals surface area contributed by atoms with E-state index in [4.69, 9.17) is 4.74 Å². The highest BCUT2D eigenvalue weighted by Crippen LogP contribution is 2.62. The number of nitrogens with zero attached hydrogens (tertiary/aromatic N) is 1. The molecule has 0 aromatic heterocycles. The first kappa shape index (κ1) is 12.7. The minimum absolute atomic E-state index is 0.0438. The predicted molar refractivity (Wildman–Crippen MR) is 81.0 cm³/mol. The van der Waals surface area contributed by atoms with E-state index in [0.717, 1.165) is 12.8 Å². The maximum atomic E-state index is 10.9. The van der Waals surface area contributed by atoms with Crippen molar-refractivity contribution in [1.82, 2.24) is 0 Å². The lowest BCUT2D eigenvalue weighted by Crippen LogP contribution is -2.65. The number of phenolic OH excluding ortho intramolecular Hbond substituents is 1. The second-order valence-corrected chi connectivity index (χ2v) is 7.36. The Hall–Kier alpha value is -1.78. The maximum Gasteiger partial charge on any atom is 0.166 e. The molecule has 4 atom stereocenters. The molecule has 2 bridgehead atoms. The van der Waals surface area contributed by atoms with Gasteiger partial charge in [-0.1, -0.05) is 18.2 Å². The molecule has 4 aliphatic rings. The van der Waals surface area contributed by atoms with Gasteiger partial charge in [-0.15, -0.1) is 0 Å². The molecule has 4 nitrogen and oxygen atoms in total. The number of hydrogen-bond donors (Lipinski definition) is 2. The Kier molecular flexibility index (Phi) is 2.07. The zero-order valence-corrected chi connectivity index (χ0v) is 12.8. The Morgan fingerprint density at radius 1 is 1.32 bits per heavy atom. The van der Waals surface area contributed by atoms with Crippen LogP contribution >= 0.6 is 0 Å². The third-order valence-electron chi connectivity index (χ3n) is 6.21. The van der Waals surface area contributed by atoms with Gasteiger partial charge in [0.15, 0.2) is 11.5 Å². The number of rotatable bonds is 0. The van der Waals surface area contributed by atoms with Crippen LogP contribution in [-0.4, -0.2) is 40.7 Å². The van der Waals surface area contributed by atoms with Gasteiger partial charge >= 0.3 is 0 Å². The maximum absolute atomic E-state index is 10.9. The Labute approximate surface area is 129 Å². The van der Waals surface area contributed by atoms with Crippen LogP contribution in [0, 0.1) is 0 Å². The first-order chi connectivity index (χ1) is 10.4. The van der Waals surface area contributed by atoms with Crippen LogP contribution in [0.2, 0.25) is 0 Å². The van der Waals surface area contributed by atoms with Gasteiger partial charge in [0.1, 0.15) is 18.7 Å². The number of ether oxygens (including phenoxy) is 1. The summed E-state index contributed by atoms with van der Waals surface area (Å²) >= 11 is 0. The van der Waals surface area contributed by atoms with Gasteiger partial charge in [0.25, 0.3) is 0 Å². The molecule has 1 aromatic carbocycles. The zero-order chi connectivity index (χ0) is 15.3. The van der Waals surface area contributed by atoms with Crippen LogP contribution in [-0.2, 0) is 11.8 Å². The second-order valence-electron chi connectivity index (χ2n) is 7.36. The lowest BCUT2D eigenvalue weighted by Gasteiger charge is -2.53. The molecule has 1 fully saturated rings. The number of hydrogen-bond acceptors (Lipinski definition) is 3. The quantitative estimate of drug-likeness (QED) is 0.723. The first-order valence-electron chi connectivity index (χ1n) is 7.94. The molecule has 0 radical (unpaired) electrons. The largest absolute Gasteiger partial charge is 0.504 e. The van der Waals surface area contributed by atoms with E-state index in [1.165, 1.54) is 22.3 Å². The van der Waals surface area contributed by atoms with Crippen LogP contribution in [0.5, 0.6) is 11.5 Å². The van der Waals surface area contributed by atoms with Crippen LogP contribution in [0.4, 0.5) is 0 Å². The van der Waals surface area contributed by atoms with Crippen molar-refractivity contribution in [2.24, 2.45) is 0 Å². The molecule has 4 heteroatoms. The Morgan fingerprint density at radius 2 is 2.14 bits per heavy atom. The van der Waals surface area contributed by atoms with E-state index in [-0.39, 0.29) is 28.0 Å². The van der Waals surface area contributed by atoms with Gasteiger partial charge in [-0.25, -0.2) is 5.21 Å². The summed E-state index contributed by atoms with van der Waals surface area (Å²) < 4.78 is 6.29. The van der Waals surface area contributed by atoms with E-state index >= 15 is 0 Å². The normalized spacial score (nSPS) is 40.5. The Balaban J connectivity index is 1.88. The van der Waals surface area contributed by atoms with E-state index in [2.05, 4.69) is 19.1 Å². The van der Waals surface area contributed by atoms with Crippen LogP contribution in [0.15, 0.2) is 35.4 Å². The molecule has 1 unspecified atom stereocenters. The number of allylic oxidation sites excluding steroid dienone is 2. The number of phenols is 1. The molecule has 1 saturated heterocycles. The van der Waals surface area contributed by atoms with Gasteiger partial charge in [-0.3, -0.25) is 0 Å². The second kappa shape index (κ2) is 3.58. The molecule has 0 amide bonds. The highest BCUT2D eigenvalue weighted by Gasteiger charge is 2.65. The summed E-state index contributed by atoms with van der Waals surface area (Å²) in [5.74, 6) is 0.899. The van der Waals surface area contributed by atoms with Crippen molar-refractivity contribution in [1.29, 1.82) is 0 Å². The molecule has 114 valence electrons. The predicted octanol–water partition coefficient (Wildman–Crippen LogP) is 2.44. The third-order valence-corrected chi connectivity index (χ3v) is 6.21. The number of piperidine rings is 1. The van der Waals surface area contributed by atoms with E-state index in [0.29, 0.717) is 12.3 Å². The molecule has 22 heavy (non-hydrogen) atoms. The topological polar surface area (TPSA) is 49.7 Å². The standard InChI is InChI=1S/C18H19NO3/c1-10-3-5-12-13-9-11-4-6-14(20)16-15(11)18(12,17(10)22-16)7-8-19(13,2)21/h3-6,13,17,21H,7-9H2,1-2H3/p+1/t13?,17-,18-,19+/m0/s1. The van der Waals surface area contributed by atoms with E-state index in [9.17, 15) is 10.3 Å².